The zero-order valence-electron chi connectivity index (χ0n) is 8.54. The molecule has 6 nitrogen and oxygen atoms in total. The van der Waals surface area contributed by atoms with Crippen LogP contribution in [0.2, 0.25) is 0 Å². The van der Waals surface area contributed by atoms with Crippen molar-refractivity contribution < 1.29 is 5.11 Å². The smallest absolute Gasteiger partial charge is 0.152 e. The fraction of sp³-hybridized carbons (Fsp3) is 0.444. The third-order valence-corrected chi connectivity index (χ3v) is 2.18. The first kappa shape index (κ1) is 9.85. The predicted octanol–water partition coefficient (Wildman–Crippen LogP) is -0.253. The minimum atomic E-state index is 0.00957. The SMILES string of the molecule is Cn1cnc(CCn2cncc2CO)n1. The summed E-state index contributed by atoms with van der Waals surface area (Å²) in [6.07, 6.45) is 5.78. The zero-order valence-corrected chi connectivity index (χ0v) is 8.54. The van der Waals surface area contributed by atoms with E-state index in [-0.39, 0.29) is 6.61 Å². The average molecular weight is 207 g/mol. The van der Waals surface area contributed by atoms with Crippen LogP contribution in [0.5, 0.6) is 0 Å². The molecule has 0 unspecified atom stereocenters. The summed E-state index contributed by atoms with van der Waals surface area (Å²) in [5.74, 6) is 0.801. The molecule has 0 amide bonds. The van der Waals surface area contributed by atoms with Crippen molar-refractivity contribution in [2.75, 3.05) is 0 Å². The molecule has 0 bridgehead atoms. The van der Waals surface area contributed by atoms with Gasteiger partial charge in [-0.05, 0) is 0 Å². The zero-order chi connectivity index (χ0) is 10.7. The van der Waals surface area contributed by atoms with Gasteiger partial charge in [0.2, 0.25) is 0 Å². The van der Waals surface area contributed by atoms with Crippen molar-refractivity contribution in [3.05, 3.63) is 30.4 Å². The van der Waals surface area contributed by atoms with E-state index >= 15 is 0 Å². The van der Waals surface area contributed by atoms with Crippen LogP contribution in [-0.2, 0) is 26.6 Å². The highest BCUT2D eigenvalue weighted by Crippen LogP contribution is 2.01. The minimum Gasteiger partial charge on any atom is -0.390 e. The number of hydrogen-bond donors (Lipinski definition) is 1. The van der Waals surface area contributed by atoms with Crippen LogP contribution in [-0.4, -0.2) is 29.4 Å². The van der Waals surface area contributed by atoms with E-state index in [1.165, 1.54) is 0 Å². The van der Waals surface area contributed by atoms with Crippen LogP contribution in [0.15, 0.2) is 18.9 Å². The van der Waals surface area contributed by atoms with E-state index in [0.29, 0.717) is 0 Å². The standard InChI is InChI=1S/C9H13N5O/c1-13-7-11-9(12-13)2-3-14-6-10-4-8(14)5-15/h4,6-7,15H,2-3,5H2,1H3. The lowest BCUT2D eigenvalue weighted by atomic mass is 10.4. The first-order chi connectivity index (χ1) is 7.29. The Balaban J connectivity index is 1.98. The molecule has 2 rings (SSSR count). The number of aliphatic hydroxyl groups is 1. The molecule has 0 fully saturated rings. The van der Waals surface area contributed by atoms with Crippen molar-refractivity contribution in [2.24, 2.45) is 7.05 Å². The highest BCUT2D eigenvalue weighted by Gasteiger charge is 2.03. The van der Waals surface area contributed by atoms with E-state index in [2.05, 4.69) is 15.1 Å². The van der Waals surface area contributed by atoms with Gasteiger partial charge in [0.25, 0.3) is 0 Å². The first-order valence-electron chi connectivity index (χ1n) is 4.74. The van der Waals surface area contributed by atoms with E-state index in [0.717, 1.165) is 24.5 Å². The Kier molecular flexibility index (Phi) is 2.77. The van der Waals surface area contributed by atoms with Crippen LogP contribution in [0.4, 0.5) is 0 Å². The molecule has 0 spiro atoms. The molecule has 6 heteroatoms. The van der Waals surface area contributed by atoms with Crippen molar-refractivity contribution in [2.45, 2.75) is 19.6 Å². The van der Waals surface area contributed by atoms with Gasteiger partial charge in [0.05, 0.1) is 24.8 Å². The third-order valence-electron chi connectivity index (χ3n) is 2.18. The van der Waals surface area contributed by atoms with Gasteiger partial charge in [-0.2, -0.15) is 5.10 Å². The molecule has 0 atom stereocenters. The number of aryl methyl sites for hydroxylation is 3. The molecule has 15 heavy (non-hydrogen) atoms. The Hall–Kier alpha value is -1.69. The van der Waals surface area contributed by atoms with E-state index < -0.39 is 0 Å². The predicted molar refractivity (Wildman–Crippen MR) is 52.9 cm³/mol. The molecule has 0 aromatic carbocycles. The maximum Gasteiger partial charge on any atom is 0.152 e. The minimum absolute atomic E-state index is 0.00957. The van der Waals surface area contributed by atoms with Gasteiger partial charge in [-0.25, -0.2) is 9.97 Å². The number of aromatic nitrogens is 5. The maximum absolute atomic E-state index is 9.01. The Labute approximate surface area is 87.2 Å². The molecule has 80 valence electrons. The molecule has 0 aliphatic carbocycles. The van der Waals surface area contributed by atoms with E-state index in [9.17, 15) is 0 Å². The fourth-order valence-electron chi connectivity index (χ4n) is 1.40. The fourth-order valence-corrected chi connectivity index (χ4v) is 1.40. The van der Waals surface area contributed by atoms with Crippen LogP contribution >= 0.6 is 0 Å². The van der Waals surface area contributed by atoms with Crippen LogP contribution in [0.3, 0.4) is 0 Å². The maximum atomic E-state index is 9.01. The number of rotatable bonds is 4. The molecular formula is C9H13N5O. The van der Waals surface area contributed by atoms with E-state index in [1.54, 1.807) is 23.5 Å². The second-order valence-corrected chi connectivity index (χ2v) is 3.32. The second kappa shape index (κ2) is 4.22. The summed E-state index contributed by atoms with van der Waals surface area (Å²) in [6.45, 7) is 0.746. The Bertz CT molecular complexity index is 433. The van der Waals surface area contributed by atoms with Gasteiger partial charge < -0.3 is 9.67 Å². The lowest BCUT2D eigenvalue weighted by Gasteiger charge is -2.03. The topological polar surface area (TPSA) is 68.8 Å². The van der Waals surface area contributed by atoms with Crippen LogP contribution < -0.4 is 0 Å². The van der Waals surface area contributed by atoms with Crippen LogP contribution in [0, 0.1) is 0 Å². The van der Waals surface area contributed by atoms with Crippen molar-refractivity contribution in [1.29, 1.82) is 0 Å². The lowest BCUT2D eigenvalue weighted by Crippen LogP contribution is -2.05. The van der Waals surface area contributed by atoms with Crippen molar-refractivity contribution in [3.63, 3.8) is 0 Å². The van der Waals surface area contributed by atoms with Gasteiger partial charge in [-0.1, -0.05) is 0 Å². The molecule has 2 aromatic heterocycles. The van der Waals surface area contributed by atoms with Crippen LogP contribution in [0.25, 0.3) is 0 Å². The normalized spacial score (nSPS) is 10.8. The number of imidazole rings is 1. The first-order valence-corrected chi connectivity index (χ1v) is 4.74. The van der Waals surface area contributed by atoms with Gasteiger partial charge >= 0.3 is 0 Å². The molecule has 0 aliphatic rings. The molecule has 2 aromatic rings. The van der Waals surface area contributed by atoms with E-state index in [1.807, 2.05) is 11.6 Å². The summed E-state index contributed by atoms with van der Waals surface area (Å²) in [6, 6.07) is 0. The van der Waals surface area contributed by atoms with Gasteiger partial charge in [0, 0.05) is 20.0 Å². The Morgan fingerprint density at radius 1 is 1.40 bits per heavy atom. The highest BCUT2D eigenvalue weighted by atomic mass is 16.3. The average Bonchev–Trinajstić information content (AvgIpc) is 2.83. The van der Waals surface area contributed by atoms with Gasteiger partial charge in [0.1, 0.15) is 6.33 Å². The summed E-state index contributed by atoms with van der Waals surface area (Å²) >= 11 is 0. The van der Waals surface area contributed by atoms with Crippen molar-refractivity contribution in [3.8, 4) is 0 Å². The largest absolute Gasteiger partial charge is 0.390 e. The molecule has 0 saturated carbocycles. The van der Waals surface area contributed by atoms with Gasteiger partial charge in [-0.15, -0.1) is 0 Å². The summed E-state index contributed by atoms with van der Waals surface area (Å²) in [5.41, 5.74) is 0.811. The Morgan fingerprint density at radius 3 is 2.93 bits per heavy atom. The highest BCUT2D eigenvalue weighted by molar-refractivity contribution is 4.96. The summed E-state index contributed by atoms with van der Waals surface area (Å²) in [7, 11) is 1.84. The molecular weight excluding hydrogens is 194 g/mol. The summed E-state index contributed by atoms with van der Waals surface area (Å²) in [4.78, 5) is 8.09. The summed E-state index contributed by atoms with van der Waals surface area (Å²) in [5, 5.41) is 13.2. The summed E-state index contributed by atoms with van der Waals surface area (Å²) < 4.78 is 3.58. The molecule has 0 radical (unpaired) electrons. The number of aliphatic hydroxyl groups excluding tert-OH is 1. The number of nitrogens with zero attached hydrogens (tertiary/aromatic N) is 5. The van der Waals surface area contributed by atoms with Crippen molar-refractivity contribution in [1.82, 2.24) is 24.3 Å². The molecule has 2 heterocycles. The van der Waals surface area contributed by atoms with Crippen molar-refractivity contribution >= 4 is 0 Å². The molecule has 0 saturated heterocycles. The number of hydrogen-bond acceptors (Lipinski definition) is 4. The van der Waals surface area contributed by atoms with E-state index in [4.69, 9.17) is 5.11 Å². The van der Waals surface area contributed by atoms with Crippen LogP contribution in [0.1, 0.15) is 11.5 Å². The lowest BCUT2D eigenvalue weighted by molar-refractivity contribution is 0.270. The molecule has 1 N–H and O–H groups in total. The van der Waals surface area contributed by atoms with Gasteiger partial charge in [-0.3, -0.25) is 4.68 Å². The quantitative estimate of drug-likeness (QED) is 0.750. The molecule has 0 aliphatic heterocycles. The Morgan fingerprint density at radius 2 is 2.27 bits per heavy atom. The third kappa shape index (κ3) is 2.21. The second-order valence-electron chi connectivity index (χ2n) is 3.32. The monoisotopic (exact) mass is 207 g/mol. The van der Waals surface area contributed by atoms with Gasteiger partial charge in [0.15, 0.2) is 5.82 Å².